The van der Waals surface area contributed by atoms with Crippen LogP contribution in [0.3, 0.4) is 0 Å². The summed E-state index contributed by atoms with van der Waals surface area (Å²) in [6.07, 6.45) is 9.44. The average Bonchev–Trinajstić information content (AvgIpc) is 2.80. The van der Waals surface area contributed by atoms with Gasteiger partial charge in [0.25, 0.3) is 0 Å². The summed E-state index contributed by atoms with van der Waals surface area (Å²) in [5.74, 6) is 1.97. The van der Waals surface area contributed by atoms with Crippen molar-refractivity contribution in [3.8, 4) is 11.6 Å². The molecule has 1 aromatic heterocycles. The average molecular weight is 433 g/mol. The summed E-state index contributed by atoms with van der Waals surface area (Å²) < 4.78 is 17.4. The van der Waals surface area contributed by atoms with Gasteiger partial charge in [0.15, 0.2) is 0 Å². The van der Waals surface area contributed by atoms with Crippen molar-refractivity contribution in [2.45, 2.75) is 64.0 Å². The second kappa shape index (κ2) is 9.29. The Bertz CT molecular complexity index is 861. The molecule has 5 nitrogen and oxygen atoms in total. The molecule has 1 saturated carbocycles. The summed E-state index contributed by atoms with van der Waals surface area (Å²) in [6.45, 7) is 3.95. The Kier molecular flexibility index (Phi) is 6.71. The number of benzene rings is 1. The van der Waals surface area contributed by atoms with Gasteiger partial charge in [-0.1, -0.05) is 18.5 Å². The number of methoxy groups -OCH3 is 1. The molecule has 1 unspecified atom stereocenters. The van der Waals surface area contributed by atoms with Crippen LogP contribution in [0.4, 0.5) is 0 Å². The van der Waals surface area contributed by atoms with Crippen LogP contribution >= 0.6 is 11.6 Å². The largest absolute Gasteiger partial charge is 0.489 e. The van der Waals surface area contributed by atoms with Crippen LogP contribution in [0.15, 0.2) is 24.4 Å². The van der Waals surface area contributed by atoms with Gasteiger partial charge in [0.05, 0.1) is 18.2 Å². The Morgan fingerprint density at radius 2 is 1.97 bits per heavy atom. The fourth-order valence-electron chi connectivity index (χ4n) is 5.59. The number of nitrogens with two attached hydrogens (primary N) is 1. The van der Waals surface area contributed by atoms with E-state index >= 15 is 0 Å². The van der Waals surface area contributed by atoms with E-state index < -0.39 is 0 Å². The first kappa shape index (κ1) is 21.7. The third kappa shape index (κ3) is 4.12. The highest BCUT2D eigenvalue weighted by Crippen LogP contribution is 2.50. The molecule has 1 saturated heterocycles. The van der Waals surface area contributed by atoms with Gasteiger partial charge in [0, 0.05) is 30.8 Å². The van der Waals surface area contributed by atoms with E-state index in [1.807, 2.05) is 18.2 Å². The van der Waals surface area contributed by atoms with Gasteiger partial charge in [-0.2, -0.15) is 0 Å². The van der Waals surface area contributed by atoms with E-state index in [2.05, 4.69) is 11.9 Å². The van der Waals surface area contributed by atoms with Gasteiger partial charge < -0.3 is 19.9 Å². The van der Waals surface area contributed by atoms with Crippen molar-refractivity contribution < 1.29 is 14.2 Å². The fourth-order valence-corrected chi connectivity index (χ4v) is 5.80. The molecule has 0 spiro atoms. The predicted molar refractivity (Wildman–Crippen MR) is 120 cm³/mol. The lowest BCUT2D eigenvalue weighted by Crippen LogP contribution is -2.51. The second-order valence-electron chi connectivity index (χ2n) is 8.78. The topological polar surface area (TPSA) is 66.6 Å². The summed E-state index contributed by atoms with van der Waals surface area (Å²) in [5.41, 5.74) is 6.92. The third-order valence-electron chi connectivity index (χ3n) is 7.34. The first-order chi connectivity index (χ1) is 14.6. The monoisotopic (exact) mass is 432 g/mol. The highest BCUT2D eigenvalue weighted by molar-refractivity contribution is 6.33. The van der Waals surface area contributed by atoms with Gasteiger partial charge in [-0.15, -0.1) is 0 Å². The van der Waals surface area contributed by atoms with Gasteiger partial charge in [-0.3, -0.25) is 0 Å². The number of fused-ring (bicyclic) bond motifs is 1. The van der Waals surface area contributed by atoms with Crippen LogP contribution in [0.5, 0.6) is 11.6 Å². The highest BCUT2D eigenvalue weighted by Gasteiger charge is 2.46. The Balaban J connectivity index is 1.49. The highest BCUT2D eigenvalue weighted by atomic mass is 35.5. The molecule has 4 rings (SSSR count). The molecule has 6 heteroatoms. The van der Waals surface area contributed by atoms with Gasteiger partial charge in [-0.25, -0.2) is 4.98 Å². The molecule has 2 aromatic rings. The maximum Gasteiger partial charge on any atom is 0.221 e. The molecule has 164 valence electrons. The van der Waals surface area contributed by atoms with Crippen molar-refractivity contribution in [1.82, 2.24) is 4.98 Å². The van der Waals surface area contributed by atoms with Crippen LogP contribution in [-0.2, 0) is 4.74 Å². The number of pyridine rings is 1. The minimum atomic E-state index is 0.167. The van der Waals surface area contributed by atoms with Crippen molar-refractivity contribution in [2.24, 2.45) is 17.1 Å². The Morgan fingerprint density at radius 3 is 2.63 bits per heavy atom. The van der Waals surface area contributed by atoms with Crippen LogP contribution in [0, 0.1) is 11.3 Å². The Morgan fingerprint density at radius 1 is 1.23 bits per heavy atom. The number of nitrogens with zero attached hydrogens (tertiary/aromatic N) is 1. The number of ether oxygens (including phenoxy) is 3. The van der Waals surface area contributed by atoms with E-state index in [9.17, 15) is 0 Å². The van der Waals surface area contributed by atoms with Gasteiger partial charge in [0.2, 0.25) is 5.88 Å². The maximum absolute atomic E-state index is 6.70. The van der Waals surface area contributed by atoms with Crippen LogP contribution in [0.2, 0.25) is 5.02 Å². The van der Waals surface area contributed by atoms with E-state index in [-0.39, 0.29) is 17.6 Å². The van der Waals surface area contributed by atoms with Crippen molar-refractivity contribution >= 4 is 22.4 Å². The molecule has 2 aliphatic rings. The van der Waals surface area contributed by atoms with Gasteiger partial charge in [0.1, 0.15) is 5.75 Å². The summed E-state index contributed by atoms with van der Waals surface area (Å²) >= 11 is 6.56. The molecule has 1 aromatic carbocycles. The minimum absolute atomic E-state index is 0.167. The summed E-state index contributed by atoms with van der Waals surface area (Å²) in [5, 5.41) is 2.51. The van der Waals surface area contributed by atoms with Crippen LogP contribution < -0.4 is 15.2 Å². The summed E-state index contributed by atoms with van der Waals surface area (Å²) in [4.78, 5) is 4.25. The Hall–Kier alpha value is -1.56. The lowest BCUT2D eigenvalue weighted by molar-refractivity contribution is -0.0398. The SMILES string of the molecule is CCC(N)C1(C2CCOCC2)CCC(Oc2cc3ccnc(OC)c3cc2Cl)CC1. The van der Waals surface area contributed by atoms with Gasteiger partial charge in [-0.05, 0) is 79.9 Å². The first-order valence-corrected chi connectivity index (χ1v) is 11.6. The molecule has 30 heavy (non-hydrogen) atoms. The molecule has 1 aliphatic carbocycles. The standard InChI is InChI=1S/C24H33ClN2O3/c1-3-22(26)24(17-7-12-29-13-8-17)9-4-18(5-10-24)30-21-14-16-6-11-27-23(28-2)19(16)15-20(21)25/h6,11,14-15,17-18,22H,3-5,7-10,12-13,26H2,1-2H3. The predicted octanol–water partition coefficient (Wildman–Crippen LogP) is 5.37. The quantitative estimate of drug-likeness (QED) is 0.664. The van der Waals surface area contributed by atoms with Crippen molar-refractivity contribution in [1.29, 1.82) is 0 Å². The molecule has 0 amide bonds. The molecule has 0 bridgehead atoms. The number of hydrogen-bond donors (Lipinski definition) is 1. The van der Waals surface area contributed by atoms with Crippen LogP contribution in [0.25, 0.3) is 10.8 Å². The van der Waals surface area contributed by atoms with Crippen molar-refractivity contribution in [3.63, 3.8) is 0 Å². The molecule has 2 N–H and O–H groups in total. The number of aromatic nitrogens is 1. The second-order valence-corrected chi connectivity index (χ2v) is 9.18. The van der Waals surface area contributed by atoms with E-state index in [1.54, 1.807) is 13.3 Å². The van der Waals surface area contributed by atoms with Crippen molar-refractivity contribution in [3.05, 3.63) is 29.4 Å². The van der Waals surface area contributed by atoms with Gasteiger partial charge >= 0.3 is 0 Å². The zero-order chi connectivity index (χ0) is 21.1. The zero-order valence-corrected chi connectivity index (χ0v) is 18.8. The molecule has 2 heterocycles. The molecular weight excluding hydrogens is 400 g/mol. The molecule has 0 radical (unpaired) electrons. The number of hydrogen-bond acceptors (Lipinski definition) is 5. The smallest absolute Gasteiger partial charge is 0.221 e. The van der Waals surface area contributed by atoms with Crippen LogP contribution in [0.1, 0.15) is 51.9 Å². The summed E-state index contributed by atoms with van der Waals surface area (Å²) in [7, 11) is 1.62. The number of halogens is 1. The molecule has 2 fully saturated rings. The zero-order valence-electron chi connectivity index (χ0n) is 18.0. The first-order valence-electron chi connectivity index (χ1n) is 11.2. The Labute approximate surface area is 184 Å². The third-order valence-corrected chi connectivity index (χ3v) is 7.64. The van der Waals surface area contributed by atoms with E-state index in [0.29, 0.717) is 16.8 Å². The molecule has 1 atom stereocenters. The van der Waals surface area contributed by atoms with Crippen molar-refractivity contribution in [2.75, 3.05) is 20.3 Å². The minimum Gasteiger partial charge on any atom is -0.489 e. The van der Waals surface area contributed by atoms with E-state index in [1.165, 1.54) is 0 Å². The fraction of sp³-hybridized carbons (Fsp3) is 0.625. The summed E-state index contributed by atoms with van der Waals surface area (Å²) in [6, 6.07) is 6.09. The van der Waals surface area contributed by atoms with E-state index in [0.717, 1.165) is 74.7 Å². The normalized spacial score (nSPS) is 26.5. The van der Waals surface area contributed by atoms with Crippen LogP contribution in [-0.4, -0.2) is 37.5 Å². The molecular formula is C24H33ClN2O3. The number of rotatable bonds is 6. The lowest BCUT2D eigenvalue weighted by Gasteiger charge is -2.50. The lowest BCUT2D eigenvalue weighted by atomic mass is 9.59. The molecule has 1 aliphatic heterocycles. The maximum atomic E-state index is 6.70. The van der Waals surface area contributed by atoms with E-state index in [4.69, 9.17) is 31.5 Å².